The van der Waals surface area contributed by atoms with Gasteiger partial charge in [0.05, 0.1) is 21.3 Å². The summed E-state index contributed by atoms with van der Waals surface area (Å²) in [6.07, 6.45) is 8.66. The van der Waals surface area contributed by atoms with Crippen LogP contribution in [0, 0.1) is 17.8 Å². The van der Waals surface area contributed by atoms with Crippen molar-refractivity contribution in [2.24, 2.45) is 17.8 Å². The summed E-state index contributed by atoms with van der Waals surface area (Å²) in [7, 11) is -1.29. The van der Waals surface area contributed by atoms with Gasteiger partial charge < -0.3 is 10.1 Å². The molecule has 5 nitrogen and oxygen atoms in total. The molecule has 6 heteroatoms. The summed E-state index contributed by atoms with van der Waals surface area (Å²) in [6.45, 7) is -0.286. The zero-order valence-corrected chi connectivity index (χ0v) is 15.8. The molecule has 0 aromatic heterocycles. The van der Waals surface area contributed by atoms with Gasteiger partial charge in [-0.05, 0) is 68.4 Å². The van der Waals surface area contributed by atoms with Gasteiger partial charge in [-0.25, -0.2) is 4.79 Å². The van der Waals surface area contributed by atoms with E-state index in [0.29, 0.717) is 4.90 Å². The number of esters is 1. The number of carbonyl (C=O) groups excluding carboxylic acids is 2. The predicted molar refractivity (Wildman–Crippen MR) is 98.1 cm³/mol. The van der Waals surface area contributed by atoms with Crippen LogP contribution in [-0.2, 0) is 20.3 Å². The van der Waals surface area contributed by atoms with E-state index < -0.39 is 16.8 Å². The Kier molecular flexibility index (Phi) is 4.63. The number of nitrogens with one attached hydrogen (secondary N) is 1. The first-order valence-corrected chi connectivity index (χ1v) is 10.9. The number of rotatable bonds is 5. The molecule has 0 saturated heterocycles. The smallest absolute Gasteiger partial charge is 0.339 e. The van der Waals surface area contributed by atoms with Crippen LogP contribution in [0.4, 0.5) is 0 Å². The molecule has 1 aromatic carbocycles. The average Bonchev–Trinajstić information content (AvgIpc) is 2.58. The molecule has 1 aromatic rings. The van der Waals surface area contributed by atoms with Gasteiger partial charge in [-0.3, -0.25) is 9.00 Å². The number of amides is 1. The van der Waals surface area contributed by atoms with Gasteiger partial charge in [-0.2, -0.15) is 0 Å². The predicted octanol–water partition coefficient (Wildman–Crippen LogP) is 2.67. The van der Waals surface area contributed by atoms with E-state index in [1.807, 2.05) is 0 Å². The molecule has 140 valence electrons. The minimum Gasteiger partial charge on any atom is -0.452 e. The maximum atomic E-state index is 12.4. The van der Waals surface area contributed by atoms with E-state index in [1.165, 1.54) is 25.5 Å². The molecule has 0 aliphatic heterocycles. The number of hydrogen-bond acceptors (Lipinski definition) is 4. The van der Waals surface area contributed by atoms with E-state index in [-0.39, 0.29) is 23.6 Å². The Morgan fingerprint density at radius 2 is 1.69 bits per heavy atom. The molecule has 1 N–H and O–H groups in total. The van der Waals surface area contributed by atoms with Crippen LogP contribution in [0.15, 0.2) is 29.2 Å². The summed E-state index contributed by atoms with van der Waals surface area (Å²) in [5.74, 6) is 1.41. The lowest BCUT2D eigenvalue weighted by atomic mass is 9.53. The second kappa shape index (κ2) is 6.80. The summed E-state index contributed by atoms with van der Waals surface area (Å²) in [4.78, 5) is 25.2. The van der Waals surface area contributed by atoms with Crippen LogP contribution in [0.5, 0.6) is 0 Å². The fourth-order valence-corrected chi connectivity index (χ4v) is 6.42. The highest BCUT2D eigenvalue weighted by Crippen LogP contribution is 2.55. The van der Waals surface area contributed by atoms with E-state index >= 15 is 0 Å². The maximum absolute atomic E-state index is 12.4. The molecular weight excluding hydrogens is 350 g/mol. The lowest BCUT2D eigenvalue weighted by Gasteiger charge is -2.56. The van der Waals surface area contributed by atoms with Crippen LogP contribution < -0.4 is 5.32 Å². The monoisotopic (exact) mass is 375 g/mol. The zero-order chi connectivity index (χ0) is 18.3. The zero-order valence-electron chi connectivity index (χ0n) is 15.0. The van der Waals surface area contributed by atoms with E-state index in [9.17, 15) is 13.8 Å². The number of benzene rings is 1. The summed E-state index contributed by atoms with van der Waals surface area (Å²) in [6, 6.07) is 6.65. The summed E-state index contributed by atoms with van der Waals surface area (Å²) in [5, 5.41) is 3.19. The number of ether oxygens (including phenoxy) is 1. The molecule has 26 heavy (non-hydrogen) atoms. The van der Waals surface area contributed by atoms with E-state index in [2.05, 4.69) is 5.32 Å². The SMILES string of the molecule is C[S@@](=O)c1ccccc1C(=O)OCC(=O)NC12CC3CC(CC(C3)C1)C2. The van der Waals surface area contributed by atoms with Crippen LogP contribution in [0.2, 0.25) is 0 Å². The molecule has 4 fully saturated rings. The molecule has 1 amide bonds. The van der Waals surface area contributed by atoms with Crippen molar-refractivity contribution in [3.8, 4) is 0 Å². The molecule has 0 unspecified atom stereocenters. The van der Waals surface area contributed by atoms with Crippen molar-refractivity contribution in [1.82, 2.24) is 5.32 Å². The Balaban J connectivity index is 1.36. The van der Waals surface area contributed by atoms with Crippen LogP contribution in [-0.4, -0.2) is 34.5 Å². The second-order valence-corrected chi connectivity index (χ2v) is 9.62. The van der Waals surface area contributed by atoms with Crippen LogP contribution in [0.25, 0.3) is 0 Å². The molecule has 0 heterocycles. The minimum atomic E-state index is -1.29. The maximum Gasteiger partial charge on any atom is 0.339 e. The van der Waals surface area contributed by atoms with Gasteiger partial charge >= 0.3 is 5.97 Å². The lowest BCUT2D eigenvalue weighted by molar-refractivity contribution is -0.130. The third-order valence-electron chi connectivity index (χ3n) is 6.19. The number of hydrogen-bond donors (Lipinski definition) is 1. The molecule has 5 rings (SSSR count). The Bertz CT molecular complexity index is 725. The van der Waals surface area contributed by atoms with Crippen LogP contribution in [0.1, 0.15) is 48.9 Å². The van der Waals surface area contributed by atoms with E-state index in [0.717, 1.165) is 37.0 Å². The van der Waals surface area contributed by atoms with Gasteiger partial charge in [0.2, 0.25) is 0 Å². The first-order valence-electron chi connectivity index (χ1n) is 9.35. The van der Waals surface area contributed by atoms with Gasteiger partial charge in [-0.1, -0.05) is 12.1 Å². The quantitative estimate of drug-likeness (QED) is 0.803. The topological polar surface area (TPSA) is 72.5 Å². The molecular formula is C20H25NO4S. The van der Waals surface area contributed by atoms with Gasteiger partial charge in [0.15, 0.2) is 6.61 Å². The molecule has 0 radical (unpaired) electrons. The molecule has 1 atom stereocenters. The standard InChI is InChI=1S/C20H25NO4S/c1-26(24)17-5-3-2-4-16(17)19(23)25-12-18(22)21-20-9-13-6-14(10-20)8-15(7-13)11-20/h2-5,13-15H,6-12H2,1H3,(H,21,22)/t13?,14?,15?,20?,26-/m1/s1. The first kappa shape index (κ1) is 17.7. The largest absolute Gasteiger partial charge is 0.452 e. The Labute approximate surface area is 156 Å². The second-order valence-electron chi connectivity index (χ2n) is 8.27. The fraction of sp³-hybridized carbons (Fsp3) is 0.600. The lowest BCUT2D eigenvalue weighted by Crippen LogP contribution is -2.60. The summed E-state index contributed by atoms with van der Waals surface area (Å²) >= 11 is 0. The molecule has 0 spiro atoms. The van der Waals surface area contributed by atoms with Crippen molar-refractivity contribution in [2.75, 3.05) is 12.9 Å². The summed E-state index contributed by atoms with van der Waals surface area (Å²) in [5.41, 5.74) is 0.178. The van der Waals surface area contributed by atoms with E-state index in [1.54, 1.807) is 24.3 Å². The van der Waals surface area contributed by atoms with Crippen molar-refractivity contribution in [1.29, 1.82) is 0 Å². The Hall–Kier alpha value is -1.69. The van der Waals surface area contributed by atoms with Crippen LogP contribution in [0.3, 0.4) is 0 Å². The minimum absolute atomic E-state index is 0.0823. The Morgan fingerprint density at radius 3 is 2.27 bits per heavy atom. The molecule has 4 aliphatic carbocycles. The highest BCUT2D eigenvalue weighted by atomic mass is 32.2. The van der Waals surface area contributed by atoms with Gasteiger partial charge in [0, 0.05) is 11.8 Å². The van der Waals surface area contributed by atoms with Crippen molar-refractivity contribution < 1.29 is 18.5 Å². The Morgan fingerprint density at radius 1 is 1.12 bits per heavy atom. The normalized spacial score (nSPS) is 32.9. The average molecular weight is 375 g/mol. The fourth-order valence-electron chi connectivity index (χ4n) is 5.69. The van der Waals surface area contributed by atoms with Gasteiger partial charge in [0.1, 0.15) is 0 Å². The molecule has 4 saturated carbocycles. The van der Waals surface area contributed by atoms with Crippen molar-refractivity contribution >= 4 is 22.7 Å². The van der Waals surface area contributed by atoms with Crippen LogP contribution >= 0.6 is 0 Å². The van der Waals surface area contributed by atoms with E-state index in [4.69, 9.17) is 4.74 Å². The molecule has 4 bridgehead atoms. The summed E-state index contributed by atoms with van der Waals surface area (Å²) < 4.78 is 17.0. The van der Waals surface area contributed by atoms with Gasteiger partial charge in [0.25, 0.3) is 5.91 Å². The van der Waals surface area contributed by atoms with Crippen molar-refractivity contribution in [3.05, 3.63) is 29.8 Å². The van der Waals surface area contributed by atoms with Crippen molar-refractivity contribution in [2.45, 2.75) is 49.0 Å². The van der Waals surface area contributed by atoms with Gasteiger partial charge in [-0.15, -0.1) is 0 Å². The van der Waals surface area contributed by atoms with Crippen molar-refractivity contribution in [3.63, 3.8) is 0 Å². The highest BCUT2D eigenvalue weighted by molar-refractivity contribution is 7.84. The molecule has 4 aliphatic rings. The highest BCUT2D eigenvalue weighted by Gasteiger charge is 2.51. The third-order valence-corrected chi connectivity index (χ3v) is 7.17. The third kappa shape index (κ3) is 3.43. The number of carbonyl (C=O) groups is 2. The first-order chi connectivity index (χ1) is 12.4.